The van der Waals surface area contributed by atoms with Gasteiger partial charge in [-0.15, -0.1) is 11.3 Å². The molecule has 1 aliphatic rings. The third-order valence-corrected chi connectivity index (χ3v) is 4.65. The molecule has 0 spiro atoms. The fourth-order valence-corrected chi connectivity index (χ4v) is 3.15. The first kappa shape index (κ1) is 16.0. The van der Waals surface area contributed by atoms with Crippen LogP contribution in [-0.2, 0) is 16.2 Å². The van der Waals surface area contributed by atoms with Crippen molar-refractivity contribution in [1.82, 2.24) is 5.06 Å². The minimum atomic E-state index is -2.74. The van der Waals surface area contributed by atoms with Gasteiger partial charge in [0.05, 0.1) is 19.2 Å². The first-order chi connectivity index (χ1) is 9.87. The van der Waals surface area contributed by atoms with E-state index in [4.69, 9.17) is 4.84 Å². The van der Waals surface area contributed by atoms with Gasteiger partial charge in [0.15, 0.2) is 0 Å². The molecule has 4 nitrogen and oxygen atoms in total. The van der Waals surface area contributed by atoms with Crippen molar-refractivity contribution >= 4 is 24.0 Å². The van der Waals surface area contributed by atoms with E-state index < -0.39 is 17.7 Å². The van der Waals surface area contributed by atoms with Crippen molar-refractivity contribution in [2.45, 2.75) is 39.3 Å². The number of aliphatic imine (C=N–C) groups is 1. The number of hydroxylamine groups is 2. The Labute approximate surface area is 126 Å². The Morgan fingerprint density at radius 2 is 2.33 bits per heavy atom. The van der Waals surface area contributed by atoms with Crippen LogP contribution in [0.5, 0.6) is 0 Å². The van der Waals surface area contributed by atoms with Gasteiger partial charge < -0.3 is 0 Å². The second kappa shape index (κ2) is 6.19. The zero-order chi connectivity index (χ0) is 15.6. The van der Waals surface area contributed by atoms with Crippen molar-refractivity contribution in [2.75, 3.05) is 6.61 Å². The van der Waals surface area contributed by atoms with E-state index in [0.29, 0.717) is 19.6 Å². The minimum absolute atomic E-state index is 0.306. The standard InChI is InChI=1S/C14H18F2N2O2S/c1-14(2,12(15)16)13(19)18-10(6-7-20-18)11-5-4-9(21-11)8-17-3/h4-5,10,12H,3,6-8H2,1-2H3/t10-/m0/s1. The molecule has 1 aromatic rings. The minimum Gasteiger partial charge on any atom is -0.295 e. The maximum Gasteiger partial charge on any atom is 0.258 e. The van der Waals surface area contributed by atoms with Gasteiger partial charge in [-0.25, -0.2) is 13.8 Å². The Kier molecular flexibility index (Phi) is 4.73. The maximum atomic E-state index is 13.0. The van der Waals surface area contributed by atoms with Crippen molar-refractivity contribution in [3.8, 4) is 0 Å². The summed E-state index contributed by atoms with van der Waals surface area (Å²) in [7, 11) is 0. The van der Waals surface area contributed by atoms with E-state index in [1.807, 2.05) is 12.1 Å². The van der Waals surface area contributed by atoms with E-state index in [2.05, 4.69) is 11.7 Å². The number of halogens is 2. The molecule has 1 amide bonds. The largest absolute Gasteiger partial charge is 0.295 e. The topological polar surface area (TPSA) is 41.9 Å². The first-order valence-corrected chi connectivity index (χ1v) is 7.45. The second-order valence-electron chi connectivity index (χ2n) is 5.48. The van der Waals surface area contributed by atoms with E-state index in [9.17, 15) is 13.6 Å². The summed E-state index contributed by atoms with van der Waals surface area (Å²) in [6, 6.07) is 3.49. The molecule has 2 rings (SSSR count). The molecule has 1 atom stereocenters. The van der Waals surface area contributed by atoms with Gasteiger partial charge in [0.1, 0.15) is 5.41 Å². The van der Waals surface area contributed by atoms with Gasteiger partial charge in [-0.2, -0.15) is 0 Å². The van der Waals surface area contributed by atoms with E-state index in [0.717, 1.165) is 14.8 Å². The van der Waals surface area contributed by atoms with Crippen LogP contribution in [0.3, 0.4) is 0 Å². The summed E-state index contributed by atoms with van der Waals surface area (Å²) in [5.74, 6) is -0.684. The van der Waals surface area contributed by atoms with Gasteiger partial charge in [0, 0.05) is 16.2 Å². The number of alkyl halides is 2. The van der Waals surface area contributed by atoms with Gasteiger partial charge in [0.2, 0.25) is 0 Å². The van der Waals surface area contributed by atoms with Crippen molar-refractivity contribution in [3.05, 3.63) is 21.9 Å². The number of nitrogens with zero attached hydrogens (tertiary/aromatic N) is 2. The summed E-state index contributed by atoms with van der Waals surface area (Å²) in [6.45, 7) is 6.77. The normalized spacial score (nSPS) is 19.3. The summed E-state index contributed by atoms with van der Waals surface area (Å²) < 4.78 is 26.1. The zero-order valence-corrected chi connectivity index (χ0v) is 12.8. The van der Waals surface area contributed by atoms with Crippen LogP contribution in [0.1, 0.15) is 36.1 Å². The summed E-state index contributed by atoms with van der Waals surface area (Å²) in [5.41, 5.74) is -1.76. The molecule has 0 saturated carbocycles. The average Bonchev–Trinajstić information content (AvgIpc) is 3.05. The Hall–Kier alpha value is -1.34. The second-order valence-corrected chi connectivity index (χ2v) is 6.68. The molecule has 0 bridgehead atoms. The molecule has 0 unspecified atom stereocenters. The van der Waals surface area contributed by atoms with E-state index in [1.165, 1.54) is 25.2 Å². The highest BCUT2D eigenvalue weighted by molar-refractivity contribution is 7.12. The van der Waals surface area contributed by atoms with Crippen LogP contribution in [0.4, 0.5) is 8.78 Å². The van der Waals surface area contributed by atoms with Crippen LogP contribution in [0.15, 0.2) is 17.1 Å². The molecule has 21 heavy (non-hydrogen) atoms. The predicted molar refractivity (Wildman–Crippen MR) is 77.5 cm³/mol. The lowest BCUT2D eigenvalue weighted by Crippen LogP contribution is -2.43. The number of rotatable bonds is 5. The molecular formula is C14H18F2N2O2S. The molecule has 0 radical (unpaired) electrons. The Bertz CT molecular complexity index is 531. The summed E-state index contributed by atoms with van der Waals surface area (Å²) >= 11 is 1.50. The fraction of sp³-hybridized carbons (Fsp3) is 0.571. The Morgan fingerprint density at radius 1 is 1.62 bits per heavy atom. The zero-order valence-electron chi connectivity index (χ0n) is 12.0. The van der Waals surface area contributed by atoms with Gasteiger partial charge in [0.25, 0.3) is 12.3 Å². The van der Waals surface area contributed by atoms with Crippen LogP contribution >= 0.6 is 11.3 Å². The lowest BCUT2D eigenvalue weighted by Gasteiger charge is -2.30. The number of amides is 1. The lowest BCUT2D eigenvalue weighted by atomic mass is 9.92. The lowest BCUT2D eigenvalue weighted by molar-refractivity contribution is -0.194. The highest BCUT2D eigenvalue weighted by Gasteiger charge is 2.45. The molecule has 116 valence electrons. The molecule has 7 heteroatoms. The SMILES string of the molecule is C=NCc1ccc([C@@H]2CCON2C(=O)C(C)(C)C(F)F)s1. The number of hydrogen-bond donors (Lipinski definition) is 0. The van der Waals surface area contributed by atoms with Crippen LogP contribution in [0.2, 0.25) is 0 Å². The van der Waals surface area contributed by atoms with E-state index in [-0.39, 0.29) is 6.04 Å². The van der Waals surface area contributed by atoms with Crippen LogP contribution in [0.25, 0.3) is 0 Å². The van der Waals surface area contributed by atoms with Gasteiger partial charge in [-0.05, 0) is 32.7 Å². The first-order valence-electron chi connectivity index (χ1n) is 6.63. The van der Waals surface area contributed by atoms with Crippen molar-refractivity contribution in [3.63, 3.8) is 0 Å². The van der Waals surface area contributed by atoms with Crippen LogP contribution in [0, 0.1) is 5.41 Å². The molecule has 1 aliphatic heterocycles. The fourth-order valence-electron chi connectivity index (χ4n) is 2.07. The highest BCUT2D eigenvalue weighted by Crippen LogP contribution is 2.39. The van der Waals surface area contributed by atoms with Crippen molar-refractivity contribution in [2.24, 2.45) is 10.4 Å². The number of hydrogen-bond acceptors (Lipinski definition) is 4. The third kappa shape index (κ3) is 3.13. The molecule has 0 aromatic carbocycles. The monoisotopic (exact) mass is 316 g/mol. The molecule has 1 aromatic heterocycles. The molecule has 0 aliphatic carbocycles. The predicted octanol–water partition coefficient (Wildman–Crippen LogP) is 3.45. The average molecular weight is 316 g/mol. The van der Waals surface area contributed by atoms with Gasteiger partial charge >= 0.3 is 0 Å². The van der Waals surface area contributed by atoms with Crippen LogP contribution in [-0.4, -0.2) is 30.7 Å². The van der Waals surface area contributed by atoms with Crippen LogP contribution < -0.4 is 0 Å². The van der Waals surface area contributed by atoms with E-state index in [1.54, 1.807) is 0 Å². The summed E-state index contributed by atoms with van der Waals surface area (Å²) in [4.78, 5) is 23.4. The number of thiophene rings is 1. The number of carbonyl (C=O) groups excluding carboxylic acids is 1. The van der Waals surface area contributed by atoms with Gasteiger partial charge in [-0.3, -0.25) is 14.6 Å². The maximum absolute atomic E-state index is 13.0. The Balaban J connectivity index is 2.20. The smallest absolute Gasteiger partial charge is 0.258 e. The molecule has 2 heterocycles. The molecular weight excluding hydrogens is 298 g/mol. The Morgan fingerprint density at radius 3 is 2.95 bits per heavy atom. The quantitative estimate of drug-likeness (QED) is 0.781. The highest BCUT2D eigenvalue weighted by atomic mass is 32.1. The summed E-state index contributed by atoms with van der Waals surface area (Å²) in [6.07, 6.45) is -2.13. The van der Waals surface area contributed by atoms with Crippen molar-refractivity contribution < 1.29 is 18.4 Å². The molecule has 0 N–H and O–H groups in total. The third-order valence-electron chi connectivity index (χ3n) is 3.48. The van der Waals surface area contributed by atoms with Crippen molar-refractivity contribution in [1.29, 1.82) is 0 Å². The van der Waals surface area contributed by atoms with E-state index >= 15 is 0 Å². The van der Waals surface area contributed by atoms with Gasteiger partial charge in [-0.1, -0.05) is 0 Å². The summed E-state index contributed by atoms with van der Waals surface area (Å²) in [5, 5.41) is 1.11. The number of carbonyl (C=O) groups is 1. The molecule has 1 saturated heterocycles. The molecule has 1 fully saturated rings.